The second-order valence-electron chi connectivity index (χ2n) is 8.91. The van der Waals surface area contributed by atoms with Crippen molar-refractivity contribution in [1.82, 2.24) is 14.8 Å². The van der Waals surface area contributed by atoms with Crippen molar-refractivity contribution >= 4 is 51.0 Å². The predicted molar refractivity (Wildman–Crippen MR) is 151 cm³/mol. The van der Waals surface area contributed by atoms with E-state index in [0.29, 0.717) is 65.9 Å². The smallest absolute Gasteiger partial charge is 0.397 e. The topological polar surface area (TPSA) is 98.3 Å². The second-order valence-corrected chi connectivity index (χ2v) is 10.4. The molecule has 5 rings (SSSR count). The molecule has 0 bridgehead atoms. The van der Waals surface area contributed by atoms with Crippen molar-refractivity contribution in [2.24, 2.45) is 0 Å². The number of halogens is 4. The van der Waals surface area contributed by atoms with Gasteiger partial charge in [-0.2, -0.15) is 13.2 Å². The van der Waals surface area contributed by atoms with Gasteiger partial charge in [0.15, 0.2) is 5.82 Å². The fourth-order valence-electron chi connectivity index (χ4n) is 4.33. The highest BCUT2D eigenvalue weighted by molar-refractivity contribution is 7.19. The second kappa shape index (κ2) is 11.3. The Labute approximate surface area is 236 Å². The van der Waals surface area contributed by atoms with E-state index in [9.17, 15) is 18.0 Å². The van der Waals surface area contributed by atoms with Gasteiger partial charge in [-0.05, 0) is 36.4 Å². The first-order chi connectivity index (χ1) is 19.2. The molecule has 0 aliphatic carbocycles. The fourth-order valence-corrected chi connectivity index (χ4v) is 5.55. The Morgan fingerprint density at radius 1 is 1.18 bits per heavy atom. The van der Waals surface area contributed by atoms with E-state index in [1.165, 1.54) is 12.1 Å². The van der Waals surface area contributed by atoms with Crippen LogP contribution in [0.25, 0.3) is 11.4 Å². The Morgan fingerprint density at radius 2 is 1.90 bits per heavy atom. The molecular weight excluding hydrogens is 565 g/mol. The van der Waals surface area contributed by atoms with Crippen molar-refractivity contribution in [2.75, 3.05) is 42.3 Å². The molecule has 13 heteroatoms. The molecule has 2 aromatic carbocycles. The summed E-state index contributed by atoms with van der Waals surface area (Å²) in [5.74, 6) is 0.337. The van der Waals surface area contributed by atoms with Crippen LogP contribution in [0.15, 0.2) is 61.2 Å². The number of benzene rings is 2. The van der Waals surface area contributed by atoms with Crippen molar-refractivity contribution in [3.8, 4) is 11.4 Å². The van der Waals surface area contributed by atoms with E-state index in [4.69, 9.17) is 22.1 Å². The van der Waals surface area contributed by atoms with E-state index in [0.717, 1.165) is 23.5 Å². The van der Waals surface area contributed by atoms with Gasteiger partial charge in [0.2, 0.25) is 11.7 Å². The maximum absolute atomic E-state index is 13.5. The van der Waals surface area contributed by atoms with Crippen LogP contribution in [0, 0.1) is 0 Å². The summed E-state index contributed by atoms with van der Waals surface area (Å²) < 4.78 is 47.4. The Morgan fingerprint density at radius 3 is 2.58 bits per heavy atom. The SMILES string of the molecule is C=CCn1c(-c2c(Nc3ccc(Cl)cc3)sc(C(=O)c3cccc(C(F)(F)F)c3)c2N)nnc1N1CCOCC1. The van der Waals surface area contributed by atoms with E-state index in [-0.39, 0.29) is 16.1 Å². The average Bonchev–Trinajstić information content (AvgIpc) is 3.49. The number of ether oxygens (including phenoxy) is 1. The maximum Gasteiger partial charge on any atom is 0.416 e. The minimum Gasteiger partial charge on any atom is -0.397 e. The van der Waals surface area contributed by atoms with Gasteiger partial charge < -0.3 is 20.7 Å². The molecule has 0 spiro atoms. The number of ketones is 1. The standard InChI is InChI=1S/C27H24ClF3N6O2S/c1-2-10-37-24(34-35-26(37)36-11-13-39-14-12-36)20-21(32)23(40-25(20)33-19-8-6-18(28)7-9-19)22(38)16-4-3-5-17(15-16)27(29,30)31/h2-9,15,33H,1,10-14,32H2. The Hall–Kier alpha value is -3.87. The number of carbonyl (C=O) groups excluding carboxylic acids is 1. The van der Waals surface area contributed by atoms with E-state index in [1.807, 2.05) is 9.47 Å². The number of aromatic nitrogens is 3. The van der Waals surface area contributed by atoms with E-state index in [1.54, 1.807) is 30.3 Å². The number of alkyl halides is 3. The number of hydrogen-bond donors (Lipinski definition) is 2. The van der Waals surface area contributed by atoms with Crippen molar-refractivity contribution in [3.63, 3.8) is 0 Å². The quantitative estimate of drug-likeness (QED) is 0.185. The number of rotatable bonds is 8. The van der Waals surface area contributed by atoms with Crippen LogP contribution in [0.3, 0.4) is 0 Å². The number of carbonyl (C=O) groups is 1. The van der Waals surface area contributed by atoms with Gasteiger partial charge in [-0.1, -0.05) is 29.8 Å². The zero-order valence-corrected chi connectivity index (χ0v) is 22.6. The number of thiophene rings is 1. The number of nitrogen functional groups attached to an aromatic ring is 1. The molecule has 0 saturated carbocycles. The highest BCUT2D eigenvalue weighted by atomic mass is 35.5. The zero-order chi connectivity index (χ0) is 28.4. The minimum absolute atomic E-state index is 0.0758. The number of nitrogens with zero attached hydrogens (tertiary/aromatic N) is 4. The molecule has 0 amide bonds. The number of nitrogens with two attached hydrogens (primary N) is 1. The maximum atomic E-state index is 13.5. The molecule has 208 valence electrons. The molecular formula is C27H24ClF3N6O2S. The van der Waals surface area contributed by atoms with Gasteiger partial charge >= 0.3 is 6.18 Å². The Balaban J connectivity index is 1.64. The largest absolute Gasteiger partial charge is 0.416 e. The number of anilines is 4. The van der Waals surface area contributed by atoms with Crippen molar-refractivity contribution in [2.45, 2.75) is 12.7 Å². The van der Waals surface area contributed by atoms with E-state index < -0.39 is 17.5 Å². The average molecular weight is 589 g/mol. The summed E-state index contributed by atoms with van der Waals surface area (Å²) in [5.41, 5.74) is 6.69. The highest BCUT2D eigenvalue weighted by Crippen LogP contribution is 2.45. The molecule has 2 aromatic heterocycles. The Bertz CT molecular complexity index is 1540. The molecule has 4 aromatic rings. The summed E-state index contributed by atoms with van der Waals surface area (Å²) in [7, 11) is 0. The first-order valence-electron chi connectivity index (χ1n) is 12.2. The molecule has 40 heavy (non-hydrogen) atoms. The van der Waals surface area contributed by atoms with Gasteiger partial charge in [0.05, 0.1) is 30.0 Å². The van der Waals surface area contributed by atoms with Gasteiger partial charge in [0.1, 0.15) is 9.88 Å². The summed E-state index contributed by atoms with van der Waals surface area (Å²) in [6.45, 7) is 6.51. The minimum atomic E-state index is -4.60. The van der Waals surface area contributed by atoms with Crippen LogP contribution in [0.2, 0.25) is 5.02 Å². The molecule has 1 aliphatic heterocycles. The normalized spacial score (nSPS) is 13.8. The summed E-state index contributed by atoms with van der Waals surface area (Å²) >= 11 is 7.07. The lowest BCUT2D eigenvalue weighted by Crippen LogP contribution is -2.38. The van der Waals surface area contributed by atoms with Gasteiger partial charge in [0.25, 0.3) is 0 Å². The number of morpholine rings is 1. The Kier molecular flexibility index (Phi) is 7.83. The van der Waals surface area contributed by atoms with Crippen LogP contribution in [0.1, 0.15) is 20.8 Å². The van der Waals surface area contributed by atoms with Crippen LogP contribution in [-0.2, 0) is 17.5 Å². The highest BCUT2D eigenvalue weighted by Gasteiger charge is 2.33. The van der Waals surface area contributed by atoms with Crippen LogP contribution in [0.4, 0.5) is 35.5 Å². The van der Waals surface area contributed by atoms with Gasteiger partial charge in [0, 0.05) is 35.9 Å². The summed E-state index contributed by atoms with van der Waals surface area (Å²) in [6, 6.07) is 11.2. The molecule has 1 aliphatic rings. The van der Waals surface area contributed by atoms with Gasteiger partial charge in [-0.3, -0.25) is 9.36 Å². The first kappa shape index (κ1) is 27.7. The van der Waals surface area contributed by atoms with E-state index in [2.05, 4.69) is 22.1 Å². The van der Waals surface area contributed by atoms with E-state index >= 15 is 0 Å². The van der Waals surface area contributed by atoms with Crippen LogP contribution in [-0.4, -0.2) is 46.9 Å². The molecule has 1 saturated heterocycles. The summed E-state index contributed by atoms with van der Waals surface area (Å²) in [6.07, 6.45) is -2.90. The lowest BCUT2D eigenvalue weighted by molar-refractivity contribution is -0.137. The molecule has 1 fully saturated rings. The third kappa shape index (κ3) is 5.55. The monoisotopic (exact) mass is 588 g/mol. The summed E-state index contributed by atoms with van der Waals surface area (Å²) in [4.78, 5) is 15.7. The number of nitrogens with one attached hydrogen (secondary N) is 1. The number of hydrogen-bond acceptors (Lipinski definition) is 8. The van der Waals surface area contributed by atoms with Crippen molar-refractivity contribution in [3.05, 3.63) is 82.2 Å². The predicted octanol–water partition coefficient (Wildman–Crippen LogP) is 6.26. The van der Waals surface area contributed by atoms with Crippen molar-refractivity contribution in [1.29, 1.82) is 0 Å². The molecule has 0 atom stereocenters. The third-order valence-electron chi connectivity index (χ3n) is 6.27. The fraction of sp³-hybridized carbons (Fsp3) is 0.222. The molecule has 3 heterocycles. The molecule has 3 N–H and O–H groups in total. The lowest BCUT2D eigenvalue weighted by atomic mass is 10.0. The van der Waals surface area contributed by atoms with Crippen LogP contribution < -0.4 is 16.0 Å². The first-order valence-corrected chi connectivity index (χ1v) is 13.4. The van der Waals surface area contributed by atoms with Crippen LogP contribution >= 0.6 is 22.9 Å². The zero-order valence-electron chi connectivity index (χ0n) is 21.0. The molecule has 0 unspecified atom stereocenters. The third-order valence-corrected chi connectivity index (χ3v) is 7.64. The summed E-state index contributed by atoms with van der Waals surface area (Å²) in [5, 5.41) is 13.1. The van der Waals surface area contributed by atoms with Crippen LogP contribution in [0.5, 0.6) is 0 Å². The number of allylic oxidation sites excluding steroid dienone is 1. The molecule has 0 radical (unpaired) electrons. The molecule has 8 nitrogen and oxygen atoms in total. The van der Waals surface area contributed by atoms with Gasteiger partial charge in [-0.15, -0.1) is 28.1 Å². The van der Waals surface area contributed by atoms with Crippen molar-refractivity contribution < 1.29 is 22.7 Å². The lowest BCUT2D eigenvalue weighted by Gasteiger charge is -2.27. The van der Waals surface area contributed by atoms with Gasteiger partial charge in [-0.25, -0.2) is 0 Å².